The topological polar surface area (TPSA) is 93.2 Å². The Bertz CT molecular complexity index is 1270. The second-order valence-electron chi connectivity index (χ2n) is 7.00. The van der Waals surface area contributed by atoms with Gasteiger partial charge in [0.05, 0.1) is 16.8 Å². The van der Waals surface area contributed by atoms with Gasteiger partial charge in [0.25, 0.3) is 5.56 Å². The van der Waals surface area contributed by atoms with E-state index in [0.717, 1.165) is 25.1 Å². The van der Waals surface area contributed by atoms with Crippen molar-refractivity contribution in [3.63, 3.8) is 0 Å². The van der Waals surface area contributed by atoms with Crippen molar-refractivity contribution in [2.75, 3.05) is 23.8 Å². The number of aromatic nitrogens is 6. The molecule has 1 aromatic carbocycles. The van der Waals surface area contributed by atoms with Gasteiger partial charge in [-0.1, -0.05) is 29.8 Å². The van der Waals surface area contributed by atoms with Gasteiger partial charge in [-0.3, -0.25) is 9.36 Å². The van der Waals surface area contributed by atoms with Crippen LogP contribution in [0, 0.1) is 0 Å². The molecule has 0 saturated carbocycles. The van der Waals surface area contributed by atoms with Crippen LogP contribution >= 0.6 is 11.6 Å². The maximum atomic E-state index is 13.5. The van der Waals surface area contributed by atoms with Gasteiger partial charge in [0.15, 0.2) is 5.82 Å². The number of anilines is 2. The third-order valence-electron chi connectivity index (χ3n) is 5.27. The molecule has 1 N–H and O–H groups in total. The number of hydrogen-bond acceptors (Lipinski definition) is 7. The predicted octanol–water partition coefficient (Wildman–Crippen LogP) is 2.71. The third-order valence-corrected chi connectivity index (χ3v) is 5.57. The monoisotopic (exact) mass is 422 g/mol. The summed E-state index contributed by atoms with van der Waals surface area (Å²) in [7, 11) is 1.76. The molecule has 30 heavy (non-hydrogen) atoms. The van der Waals surface area contributed by atoms with Crippen LogP contribution in [0.15, 0.2) is 53.7 Å². The van der Waals surface area contributed by atoms with E-state index in [4.69, 9.17) is 16.7 Å². The number of rotatable bonds is 4. The van der Waals surface area contributed by atoms with Crippen molar-refractivity contribution in [2.45, 2.75) is 18.9 Å². The van der Waals surface area contributed by atoms with Crippen molar-refractivity contribution in [3.8, 4) is 5.69 Å². The van der Waals surface area contributed by atoms with Gasteiger partial charge in [0.1, 0.15) is 11.8 Å². The molecule has 10 heteroatoms. The molecule has 0 spiro atoms. The molecule has 3 aromatic heterocycles. The third kappa shape index (κ3) is 2.98. The van der Waals surface area contributed by atoms with Crippen LogP contribution in [0.4, 0.5) is 11.9 Å². The Morgan fingerprint density at radius 1 is 1.17 bits per heavy atom. The normalized spacial score (nSPS) is 16.3. The Labute approximate surface area is 177 Å². The fourth-order valence-electron chi connectivity index (χ4n) is 3.91. The van der Waals surface area contributed by atoms with E-state index in [9.17, 15) is 4.79 Å². The number of nitrogens with zero attached hydrogens (tertiary/aromatic N) is 7. The van der Waals surface area contributed by atoms with Crippen molar-refractivity contribution in [1.29, 1.82) is 0 Å². The molecule has 1 saturated heterocycles. The molecular weight excluding hydrogens is 404 g/mol. The Kier molecular flexibility index (Phi) is 4.59. The Morgan fingerprint density at radius 2 is 2.00 bits per heavy atom. The van der Waals surface area contributed by atoms with Crippen LogP contribution < -0.4 is 15.8 Å². The van der Waals surface area contributed by atoms with Gasteiger partial charge < -0.3 is 10.2 Å². The van der Waals surface area contributed by atoms with Crippen molar-refractivity contribution in [1.82, 2.24) is 29.1 Å². The molecule has 0 amide bonds. The first-order chi connectivity index (χ1) is 14.7. The smallest absolute Gasteiger partial charge is 0.284 e. The number of halogens is 1. The minimum atomic E-state index is -0.209. The highest BCUT2D eigenvalue weighted by Gasteiger charge is 2.33. The molecule has 1 atom stereocenters. The summed E-state index contributed by atoms with van der Waals surface area (Å²) in [6.45, 7) is 0.757. The summed E-state index contributed by atoms with van der Waals surface area (Å²) >= 11 is 6.29. The van der Waals surface area contributed by atoms with E-state index in [1.165, 1.54) is 6.33 Å². The average Bonchev–Trinajstić information content (AvgIpc) is 3.41. The molecule has 4 aromatic rings. The lowest BCUT2D eigenvalue weighted by molar-refractivity contribution is 0.596. The van der Waals surface area contributed by atoms with Crippen LogP contribution in [-0.4, -0.2) is 42.7 Å². The standard InChI is InChI=1S/C20H19ClN8O/c1-22-19-23-12-24-20(25-19)27-10-5-8-15(27)17-26-28-11-9-14(21)16(28)18(30)29(17)13-6-3-2-4-7-13/h2-4,6-7,9,11-12,15H,5,8,10H2,1H3,(H,22,23,24,25)/t15-/m0/s1. The van der Waals surface area contributed by atoms with Gasteiger partial charge >= 0.3 is 0 Å². The first-order valence-electron chi connectivity index (χ1n) is 9.66. The van der Waals surface area contributed by atoms with E-state index in [1.807, 2.05) is 30.3 Å². The molecule has 152 valence electrons. The van der Waals surface area contributed by atoms with Crippen molar-refractivity contribution in [2.24, 2.45) is 0 Å². The van der Waals surface area contributed by atoms with Crippen LogP contribution in [0.25, 0.3) is 11.2 Å². The second kappa shape index (κ2) is 7.42. The summed E-state index contributed by atoms with van der Waals surface area (Å²) in [5.41, 5.74) is 0.884. The van der Waals surface area contributed by atoms with Crippen molar-refractivity contribution >= 4 is 29.0 Å². The number of fused-ring (bicyclic) bond motifs is 1. The van der Waals surface area contributed by atoms with E-state index in [2.05, 4.69) is 25.2 Å². The molecule has 1 aliphatic rings. The Hall–Kier alpha value is -3.46. The average molecular weight is 423 g/mol. The SMILES string of the molecule is CNc1ncnc(N2CCC[C@H]2c2nn3ccc(Cl)c3c(=O)n2-c2ccccc2)n1. The van der Waals surface area contributed by atoms with Gasteiger partial charge in [0.2, 0.25) is 11.9 Å². The highest BCUT2D eigenvalue weighted by atomic mass is 35.5. The Morgan fingerprint density at radius 3 is 2.80 bits per heavy atom. The molecule has 0 unspecified atom stereocenters. The fourth-order valence-corrected chi connectivity index (χ4v) is 4.13. The molecule has 5 rings (SSSR count). The number of para-hydroxylation sites is 1. The largest absolute Gasteiger partial charge is 0.357 e. The zero-order valence-corrected chi connectivity index (χ0v) is 17.0. The molecule has 0 radical (unpaired) electrons. The first kappa shape index (κ1) is 18.6. The lowest BCUT2D eigenvalue weighted by Crippen LogP contribution is -2.33. The zero-order valence-electron chi connectivity index (χ0n) is 16.2. The summed E-state index contributed by atoms with van der Waals surface area (Å²) in [6.07, 6.45) is 4.94. The van der Waals surface area contributed by atoms with E-state index < -0.39 is 0 Å². The summed E-state index contributed by atoms with van der Waals surface area (Å²) in [4.78, 5) is 28.5. The molecule has 1 fully saturated rings. The van der Waals surface area contributed by atoms with Crippen LogP contribution in [-0.2, 0) is 0 Å². The van der Waals surface area contributed by atoms with Crippen molar-refractivity contribution < 1.29 is 0 Å². The minimum Gasteiger partial charge on any atom is -0.357 e. The van der Waals surface area contributed by atoms with E-state index in [-0.39, 0.29) is 11.6 Å². The minimum absolute atomic E-state index is 0.171. The maximum absolute atomic E-state index is 13.5. The quantitative estimate of drug-likeness (QED) is 0.540. The van der Waals surface area contributed by atoms with E-state index >= 15 is 0 Å². The van der Waals surface area contributed by atoms with Gasteiger partial charge in [0, 0.05) is 19.8 Å². The number of benzene rings is 1. The van der Waals surface area contributed by atoms with Crippen LogP contribution in [0.2, 0.25) is 5.02 Å². The van der Waals surface area contributed by atoms with E-state index in [0.29, 0.717) is 28.3 Å². The van der Waals surface area contributed by atoms with Gasteiger partial charge in [-0.05, 0) is 31.0 Å². The lowest BCUT2D eigenvalue weighted by atomic mass is 10.2. The van der Waals surface area contributed by atoms with E-state index in [1.54, 1.807) is 28.4 Å². The molecular formula is C20H19ClN8O. The molecule has 4 heterocycles. The van der Waals surface area contributed by atoms with Gasteiger partial charge in [-0.2, -0.15) is 10.1 Å². The molecule has 0 aliphatic carbocycles. The Balaban J connectivity index is 1.72. The molecule has 1 aliphatic heterocycles. The molecule has 9 nitrogen and oxygen atoms in total. The fraction of sp³-hybridized carbons (Fsp3) is 0.250. The summed E-state index contributed by atoms with van der Waals surface area (Å²) in [5, 5.41) is 8.12. The van der Waals surface area contributed by atoms with Gasteiger partial charge in [-0.25, -0.2) is 14.5 Å². The maximum Gasteiger partial charge on any atom is 0.284 e. The van der Waals surface area contributed by atoms with Crippen LogP contribution in [0.5, 0.6) is 0 Å². The van der Waals surface area contributed by atoms with Crippen molar-refractivity contribution in [3.05, 3.63) is 70.1 Å². The lowest BCUT2D eigenvalue weighted by Gasteiger charge is -2.26. The summed E-state index contributed by atoms with van der Waals surface area (Å²) in [5.74, 6) is 1.66. The zero-order chi connectivity index (χ0) is 20.7. The first-order valence-corrected chi connectivity index (χ1v) is 10.0. The number of nitrogens with one attached hydrogen (secondary N) is 1. The highest BCUT2D eigenvalue weighted by molar-refractivity contribution is 6.33. The predicted molar refractivity (Wildman–Crippen MR) is 114 cm³/mol. The van der Waals surface area contributed by atoms with Gasteiger partial charge in [-0.15, -0.1) is 0 Å². The summed E-state index contributed by atoms with van der Waals surface area (Å²) < 4.78 is 3.20. The number of hydrogen-bond donors (Lipinski definition) is 1. The molecule has 0 bridgehead atoms. The van der Waals surface area contributed by atoms with Crippen LogP contribution in [0.1, 0.15) is 24.7 Å². The second-order valence-corrected chi connectivity index (χ2v) is 7.41. The van der Waals surface area contributed by atoms with Crippen LogP contribution in [0.3, 0.4) is 0 Å². The summed E-state index contributed by atoms with van der Waals surface area (Å²) in [6, 6.07) is 11.0. The highest BCUT2D eigenvalue weighted by Crippen LogP contribution is 2.34.